The third kappa shape index (κ3) is 2.25. The second kappa shape index (κ2) is 5.05. The number of fused-ring (bicyclic) bond motifs is 1. The van der Waals surface area contributed by atoms with Gasteiger partial charge in [-0.05, 0) is 51.9 Å². The number of carbonyl (C=O) groups is 1. The number of Topliss-reactive ketones (excluding diaryl/α,β-unsaturated/α-hetero) is 1. The van der Waals surface area contributed by atoms with Crippen molar-refractivity contribution in [3.8, 4) is 0 Å². The van der Waals surface area contributed by atoms with Gasteiger partial charge in [-0.2, -0.15) is 0 Å². The molecule has 0 aromatic rings. The van der Waals surface area contributed by atoms with E-state index < -0.39 is 22.2 Å². The van der Waals surface area contributed by atoms with E-state index in [1.807, 2.05) is 20.8 Å². The monoisotopic (exact) mass is 338 g/mol. The van der Waals surface area contributed by atoms with Gasteiger partial charge >= 0.3 is 0 Å². The Morgan fingerprint density at radius 1 is 1.04 bits per heavy atom. The van der Waals surface area contributed by atoms with E-state index in [1.54, 1.807) is 0 Å². The molecule has 0 aromatic carbocycles. The highest BCUT2D eigenvalue weighted by molar-refractivity contribution is 5.90. The predicted molar refractivity (Wildman–Crippen MR) is 92.6 cm³/mol. The van der Waals surface area contributed by atoms with Gasteiger partial charge in [0.05, 0.1) is 17.3 Å². The van der Waals surface area contributed by atoms with Gasteiger partial charge in [0.2, 0.25) is 0 Å². The highest BCUT2D eigenvalue weighted by Gasteiger charge is 2.67. The Bertz CT molecular complexity index is 554. The Balaban J connectivity index is 1.96. The van der Waals surface area contributed by atoms with Gasteiger partial charge in [-0.1, -0.05) is 27.2 Å². The number of aliphatic hydroxyl groups is 2. The Hall–Kier alpha value is -0.450. The molecule has 1 aliphatic heterocycles. The van der Waals surface area contributed by atoms with Gasteiger partial charge in [0.1, 0.15) is 5.60 Å². The molecule has 3 rings (SSSR count). The molecule has 1 heterocycles. The summed E-state index contributed by atoms with van der Waals surface area (Å²) < 4.78 is 5.52. The van der Waals surface area contributed by atoms with Crippen molar-refractivity contribution in [2.75, 3.05) is 0 Å². The molecule has 0 unspecified atom stereocenters. The van der Waals surface area contributed by atoms with Crippen LogP contribution in [0.5, 0.6) is 0 Å². The number of rotatable bonds is 3. The van der Waals surface area contributed by atoms with Gasteiger partial charge in [-0.15, -0.1) is 0 Å². The Labute approximate surface area is 146 Å². The molecule has 0 amide bonds. The van der Waals surface area contributed by atoms with Crippen molar-refractivity contribution >= 4 is 5.78 Å². The van der Waals surface area contributed by atoms with Crippen molar-refractivity contribution in [2.45, 2.75) is 103 Å². The van der Waals surface area contributed by atoms with E-state index in [-0.39, 0.29) is 29.6 Å². The quantitative estimate of drug-likeness (QED) is 0.775. The largest absolute Gasteiger partial charge is 0.390 e. The van der Waals surface area contributed by atoms with E-state index in [9.17, 15) is 15.0 Å². The van der Waals surface area contributed by atoms with Crippen molar-refractivity contribution < 1.29 is 19.7 Å². The third-order valence-electron chi connectivity index (χ3n) is 8.16. The van der Waals surface area contributed by atoms with Crippen LogP contribution in [0.4, 0.5) is 0 Å². The first-order valence-electron chi connectivity index (χ1n) is 9.46. The molecular formula is C20H34O4. The van der Waals surface area contributed by atoms with Crippen LogP contribution in [0, 0.1) is 16.7 Å². The molecule has 1 saturated heterocycles. The number of epoxide rings is 1. The SMILES string of the molecule is C[C@H]1O[C@]1(C)C(=O)C[C@H]1[C@](C)(O)CC[C@@]2(O)C(C)(C)CCC[C@]12C. The average molecular weight is 338 g/mol. The maximum atomic E-state index is 12.9. The van der Waals surface area contributed by atoms with Crippen LogP contribution in [0.25, 0.3) is 0 Å². The van der Waals surface area contributed by atoms with E-state index in [4.69, 9.17) is 4.74 Å². The molecule has 3 aliphatic rings. The molecule has 2 aliphatic carbocycles. The minimum Gasteiger partial charge on any atom is -0.390 e. The number of carbonyl (C=O) groups excluding carboxylic acids is 1. The summed E-state index contributed by atoms with van der Waals surface area (Å²) in [6, 6.07) is 0. The highest BCUT2D eigenvalue weighted by atomic mass is 16.6. The van der Waals surface area contributed by atoms with Crippen LogP contribution >= 0.6 is 0 Å². The van der Waals surface area contributed by atoms with E-state index in [2.05, 4.69) is 20.8 Å². The summed E-state index contributed by atoms with van der Waals surface area (Å²) in [5, 5.41) is 22.8. The molecule has 0 aromatic heterocycles. The molecule has 0 spiro atoms. The average Bonchev–Trinajstić information content (AvgIpc) is 3.07. The fourth-order valence-electron chi connectivity index (χ4n) is 5.92. The van der Waals surface area contributed by atoms with E-state index >= 15 is 0 Å². The van der Waals surface area contributed by atoms with Crippen molar-refractivity contribution in [3.63, 3.8) is 0 Å². The first-order valence-corrected chi connectivity index (χ1v) is 9.46. The smallest absolute Gasteiger partial charge is 0.167 e. The summed E-state index contributed by atoms with van der Waals surface area (Å²) in [7, 11) is 0. The third-order valence-corrected chi connectivity index (χ3v) is 8.16. The van der Waals surface area contributed by atoms with E-state index in [0.717, 1.165) is 19.3 Å². The second-order valence-electron chi connectivity index (χ2n) is 9.92. The summed E-state index contributed by atoms with van der Waals surface area (Å²) in [4.78, 5) is 12.9. The van der Waals surface area contributed by atoms with Gasteiger partial charge < -0.3 is 14.9 Å². The van der Waals surface area contributed by atoms with Crippen molar-refractivity contribution in [1.29, 1.82) is 0 Å². The van der Waals surface area contributed by atoms with Crippen LogP contribution < -0.4 is 0 Å². The maximum absolute atomic E-state index is 12.9. The molecule has 2 N–H and O–H groups in total. The van der Waals surface area contributed by atoms with Crippen LogP contribution in [0.1, 0.15) is 80.1 Å². The van der Waals surface area contributed by atoms with E-state index in [0.29, 0.717) is 12.8 Å². The van der Waals surface area contributed by atoms with Crippen LogP contribution in [0.15, 0.2) is 0 Å². The van der Waals surface area contributed by atoms with Gasteiger partial charge in [0.15, 0.2) is 5.78 Å². The molecule has 24 heavy (non-hydrogen) atoms. The second-order valence-corrected chi connectivity index (χ2v) is 9.92. The van der Waals surface area contributed by atoms with Gasteiger partial charge in [-0.3, -0.25) is 4.79 Å². The molecule has 6 atom stereocenters. The van der Waals surface area contributed by atoms with Crippen molar-refractivity contribution in [2.24, 2.45) is 16.7 Å². The van der Waals surface area contributed by atoms with Crippen LogP contribution in [0.3, 0.4) is 0 Å². The Morgan fingerprint density at radius 3 is 2.17 bits per heavy atom. The highest BCUT2D eigenvalue weighted by Crippen LogP contribution is 2.65. The lowest BCUT2D eigenvalue weighted by Crippen LogP contribution is -2.69. The number of ketones is 1. The maximum Gasteiger partial charge on any atom is 0.167 e. The molecule has 0 radical (unpaired) electrons. The fourth-order valence-corrected chi connectivity index (χ4v) is 5.92. The summed E-state index contributed by atoms with van der Waals surface area (Å²) in [6.45, 7) is 12.0. The topological polar surface area (TPSA) is 70.1 Å². The minimum atomic E-state index is -0.932. The van der Waals surface area contributed by atoms with Gasteiger partial charge in [0, 0.05) is 17.8 Å². The van der Waals surface area contributed by atoms with E-state index in [1.165, 1.54) is 0 Å². The molecule has 2 saturated carbocycles. The first-order chi connectivity index (χ1) is 10.8. The number of ether oxygens (including phenoxy) is 1. The fraction of sp³-hybridized carbons (Fsp3) is 0.950. The zero-order valence-electron chi connectivity index (χ0n) is 16.1. The van der Waals surface area contributed by atoms with Crippen molar-refractivity contribution in [3.05, 3.63) is 0 Å². The minimum absolute atomic E-state index is 0.0481. The zero-order valence-corrected chi connectivity index (χ0v) is 16.1. The first kappa shape index (κ1) is 18.3. The summed E-state index contributed by atoms with van der Waals surface area (Å²) in [5.41, 5.74) is -3.14. The zero-order chi connectivity index (χ0) is 18.2. The van der Waals surface area contributed by atoms with Crippen LogP contribution in [0.2, 0.25) is 0 Å². The molecule has 3 fully saturated rings. The lowest BCUT2D eigenvalue weighted by molar-refractivity contribution is -0.265. The molecule has 4 heteroatoms. The lowest BCUT2D eigenvalue weighted by atomic mass is 9.42. The molecule has 0 bridgehead atoms. The van der Waals surface area contributed by atoms with Crippen LogP contribution in [-0.2, 0) is 9.53 Å². The van der Waals surface area contributed by atoms with Crippen LogP contribution in [-0.4, -0.2) is 38.9 Å². The standard InChI is InChI=1S/C20H34O4/c1-13-19(6,24-13)15(21)12-14-17(4)9-7-8-16(2,3)20(17,23)11-10-18(14,5)22/h13-14,22-23H,7-12H2,1-6H3/t13-,14-,17-,18-,19+,20-/m1/s1. The number of hydrogen-bond donors (Lipinski definition) is 2. The summed E-state index contributed by atoms with van der Waals surface area (Å²) >= 11 is 0. The van der Waals surface area contributed by atoms with Gasteiger partial charge in [-0.25, -0.2) is 0 Å². The molecule has 4 nitrogen and oxygen atoms in total. The summed E-state index contributed by atoms with van der Waals surface area (Å²) in [5.74, 6) is -0.182. The summed E-state index contributed by atoms with van der Waals surface area (Å²) in [6.07, 6.45) is 4.23. The normalized spacial score (nSPS) is 53.3. The number of hydrogen-bond acceptors (Lipinski definition) is 4. The Morgan fingerprint density at radius 2 is 1.62 bits per heavy atom. The lowest BCUT2D eigenvalue weighted by Gasteiger charge is -2.66. The molecular weight excluding hydrogens is 304 g/mol. The van der Waals surface area contributed by atoms with Crippen molar-refractivity contribution in [1.82, 2.24) is 0 Å². The van der Waals surface area contributed by atoms with Gasteiger partial charge in [0.25, 0.3) is 0 Å². The predicted octanol–water partition coefficient (Wildman–Crippen LogP) is 3.23. The molecule has 138 valence electrons. The Kier molecular flexibility index (Phi) is 3.86.